The second-order valence-electron chi connectivity index (χ2n) is 6.99. The summed E-state index contributed by atoms with van der Waals surface area (Å²) in [5, 5.41) is 4.81. The van der Waals surface area contributed by atoms with Crippen molar-refractivity contribution in [3.8, 4) is 28.3 Å². The lowest BCUT2D eigenvalue weighted by atomic mass is 10.0. The van der Waals surface area contributed by atoms with Crippen LogP contribution in [-0.4, -0.2) is 61.5 Å². The predicted octanol–water partition coefficient (Wildman–Crippen LogP) is 3.86. The van der Waals surface area contributed by atoms with Crippen LogP contribution in [0.15, 0.2) is 53.5 Å². The highest BCUT2D eigenvalue weighted by Crippen LogP contribution is 2.39. The molecule has 0 amide bonds. The average molecular weight is 406 g/mol. The lowest BCUT2D eigenvalue weighted by molar-refractivity contribution is 0.0701. The van der Waals surface area contributed by atoms with Crippen LogP contribution in [0.4, 0.5) is 5.82 Å². The highest BCUT2D eigenvalue weighted by Gasteiger charge is 2.19. The number of para-hydroxylation sites is 1. The van der Waals surface area contributed by atoms with Crippen molar-refractivity contribution in [2.24, 2.45) is 4.99 Å². The number of benzene rings is 2. The van der Waals surface area contributed by atoms with Crippen molar-refractivity contribution in [2.75, 3.05) is 40.5 Å². The highest BCUT2D eigenvalue weighted by atomic mass is 16.5. The molecule has 1 fully saturated rings. The summed E-state index contributed by atoms with van der Waals surface area (Å²) >= 11 is 0. The van der Waals surface area contributed by atoms with Gasteiger partial charge in [-0.05, 0) is 36.8 Å². The Hall–Kier alpha value is -3.32. The molecule has 0 unspecified atom stereocenters. The van der Waals surface area contributed by atoms with E-state index in [0.29, 0.717) is 24.7 Å². The summed E-state index contributed by atoms with van der Waals surface area (Å²) in [6.45, 7) is 5.08. The Kier molecular flexibility index (Phi) is 5.99. The summed E-state index contributed by atoms with van der Waals surface area (Å²) in [7, 11) is 3.27. The Bertz CT molecular complexity index is 1020. The molecule has 7 nitrogen and oxygen atoms in total. The molecule has 0 N–H and O–H groups in total. The van der Waals surface area contributed by atoms with Crippen LogP contribution in [-0.2, 0) is 4.74 Å². The van der Waals surface area contributed by atoms with Crippen LogP contribution in [0.5, 0.6) is 11.5 Å². The molecule has 2 heterocycles. The maximum Gasteiger partial charge on any atom is 0.165 e. The number of aliphatic imine (C=N–C) groups is 1. The maximum atomic E-state index is 5.51. The van der Waals surface area contributed by atoms with Gasteiger partial charge in [0.1, 0.15) is 0 Å². The van der Waals surface area contributed by atoms with Crippen LogP contribution in [0.2, 0.25) is 0 Å². The Morgan fingerprint density at radius 3 is 2.43 bits per heavy atom. The minimum Gasteiger partial charge on any atom is -0.493 e. The van der Waals surface area contributed by atoms with Crippen molar-refractivity contribution < 1.29 is 14.2 Å². The fourth-order valence-electron chi connectivity index (χ4n) is 3.54. The molecule has 3 aromatic rings. The van der Waals surface area contributed by atoms with E-state index >= 15 is 0 Å². The molecule has 4 rings (SSSR count). The van der Waals surface area contributed by atoms with Crippen LogP contribution in [0.1, 0.15) is 5.69 Å². The first-order valence-corrected chi connectivity index (χ1v) is 9.94. The third-order valence-electron chi connectivity index (χ3n) is 5.10. The monoisotopic (exact) mass is 406 g/mol. The smallest absolute Gasteiger partial charge is 0.165 e. The zero-order chi connectivity index (χ0) is 20.9. The van der Waals surface area contributed by atoms with E-state index < -0.39 is 0 Å². The Balaban J connectivity index is 1.83. The molecule has 30 heavy (non-hydrogen) atoms. The van der Waals surface area contributed by atoms with Crippen molar-refractivity contribution in [3.63, 3.8) is 0 Å². The molecule has 0 atom stereocenters. The van der Waals surface area contributed by atoms with Crippen LogP contribution in [0.3, 0.4) is 0 Å². The number of hydrogen-bond donors (Lipinski definition) is 0. The summed E-state index contributed by atoms with van der Waals surface area (Å²) in [6.07, 6.45) is 1.89. The fourth-order valence-corrected chi connectivity index (χ4v) is 3.54. The van der Waals surface area contributed by atoms with Crippen molar-refractivity contribution >= 4 is 12.2 Å². The third kappa shape index (κ3) is 4.02. The lowest BCUT2D eigenvalue weighted by Gasteiger charge is -2.24. The Labute approximate surface area is 176 Å². The standard InChI is InChI=1S/C23H26N4O3/c1-17-22(18-9-10-20(28-2)21(15-18)29-3)23(24-16-26-11-13-30-14-12-26)27(25-17)19-7-5-4-6-8-19/h4-10,15-16H,11-14H2,1-3H3. The van der Waals surface area contributed by atoms with Gasteiger partial charge in [0, 0.05) is 18.7 Å². The van der Waals surface area contributed by atoms with E-state index in [0.717, 1.165) is 41.4 Å². The van der Waals surface area contributed by atoms with E-state index in [9.17, 15) is 0 Å². The fraction of sp³-hybridized carbons (Fsp3) is 0.304. The van der Waals surface area contributed by atoms with Crippen LogP contribution >= 0.6 is 0 Å². The Morgan fingerprint density at radius 1 is 1.00 bits per heavy atom. The molecule has 1 saturated heterocycles. The predicted molar refractivity (Wildman–Crippen MR) is 117 cm³/mol. The molecule has 156 valence electrons. The quantitative estimate of drug-likeness (QED) is 0.460. The average Bonchev–Trinajstić information content (AvgIpc) is 3.14. The number of nitrogens with zero attached hydrogens (tertiary/aromatic N) is 4. The van der Waals surface area contributed by atoms with Crippen LogP contribution in [0.25, 0.3) is 16.8 Å². The van der Waals surface area contributed by atoms with Gasteiger partial charge in [0.15, 0.2) is 17.3 Å². The topological polar surface area (TPSA) is 61.1 Å². The highest BCUT2D eigenvalue weighted by molar-refractivity contribution is 5.81. The number of rotatable bonds is 6. The number of morpholine rings is 1. The third-order valence-corrected chi connectivity index (χ3v) is 5.10. The normalized spacial score (nSPS) is 14.3. The van der Waals surface area contributed by atoms with Gasteiger partial charge in [-0.15, -0.1) is 0 Å². The molecular weight excluding hydrogens is 380 g/mol. The van der Waals surface area contributed by atoms with E-state index in [4.69, 9.17) is 24.3 Å². The van der Waals surface area contributed by atoms with Crippen molar-refractivity contribution in [1.29, 1.82) is 0 Å². The summed E-state index contributed by atoms with van der Waals surface area (Å²) in [5.74, 6) is 2.13. The molecule has 7 heteroatoms. The van der Waals surface area contributed by atoms with Gasteiger partial charge in [-0.25, -0.2) is 9.67 Å². The van der Waals surface area contributed by atoms with E-state index in [1.54, 1.807) is 14.2 Å². The molecule has 1 aliphatic rings. The first-order chi connectivity index (χ1) is 14.7. The van der Waals surface area contributed by atoms with Gasteiger partial charge in [0.2, 0.25) is 0 Å². The zero-order valence-electron chi connectivity index (χ0n) is 17.5. The van der Waals surface area contributed by atoms with Gasteiger partial charge in [-0.1, -0.05) is 24.3 Å². The molecule has 0 saturated carbocycles. The number of aromatic nitrogens is 2. The molecule has 1 aliphatic heterocycles. The van der Waals surface area contributed by atoms with Crippen LogP contribution < -0.4 is 9.47 Å². The van der Waals surface area contributed by atoms with Crippen molar-refractivity contribution in [1.82, 2.24) is 14.7 Å². The number of aryl methyl sites for hydroxylation is 1. The minimum absolute atomic E-state index is 0.671. The lowest BCUT2D eigenvalue weighted by Crippen LogP contribution is -2.35. The van der Waals surface area contributed by atoms with E-state index in [-0.39, 0.29) is 0 Å². The number of hydrogen-bond acceptors (Lipinski definition) is 5. The van der Waals surface area contributed by atoms with Gasteiger partial charge in [0.25, 0.3) is 0 Å². The number of methoxy groups -OCH3 is 2. The van der Waals surface area contributed by atoms with Gasteiger partial charge in [-0.2, -0.15) is 5.10 Å². The van der Waals surface area contributed by atoms with Gasteiger partial charge in [0.05, 0.1) is 45.2 Å². The molecule has 2 aromatic carbocycles. The second-order valence-corrected chi connectivity index (χ2v) is 6.99. The van der Waals surface area contributed by atoms with Gasteiger partial charge >= 0.3 is 0 Å². The Morgan fingerprint density at radius 2 is 1.73 bits per heavy atom. The van der Waals surface area contributed by atoms with Gasteiger partial charge in [-0.3, -0.25) is 0 Å². The largest absolute Gasteiger partial charge is 0.493 e. The molecule has 0 radical (unpaired) electrons. The zero-order valence-corrected chi connectivity index (χ0v) is 17.5. The van der Waals surface area contributed by atoms with E-state index in [1.165, 1.54) is 0 Å². The van der Waals surface area contributed by atoms with Crippen LogP contribution in [0, 0.1) is 6.92 Å². The summed E-state index contributed by atoms with van der Waals surface area (Å²) in [5.41, 5.74) is 3.78. The first kappa shape index (κ1) is 20.0. The second kappa shape index (κ2) is 9.00. The molecule has 0 aliphatic carbocycles. The van der Waals surface area contributed by atoms with E-state index in [2.05, 4.69) is 4.90 Å². The van der Waals surface area contributed by atoms with Gasteiger partial charge < -0.3 is 19.1 Å². The van der Waals surface area contributed by atoms with Crippen molar-refractivity contribution in [2.45, 2.75) is 6.92 Å². The molecule has 0 spiro atoms. The number of ether oxygens (including phenoxy) is 3. The maximum absolute atomic E-state index is 5.51. The SMILES string of the molecule is COc1ccc(-c2c(C)nn(-c3ccccc3)c2N=CN2CCOCC2)cc1OC. The first-order valence-electron chi connectivity index (χ1n) is 9.94. The molecule has 1 aromatic heterocycles. The molecular formula is C23H26N4O3. The summed E-state index contributed by atoms with van der Waals surface area (Å²) in [4.78, 5) is 7.04. The summed E-state index contributed by atoms with van der Waals surface area (Å²) in [6, 6.07) is 15.9. The van der Waals surface area contributed by atoms with E-state index in [1.807, 2.05) is 66.5 Å². The van der Waals surface area contributed by atoms with Crippen molar-refractivity contribution in [3.05, 3.63) is 54.2 Å². The molecule has 0 bridgehead atoms. The summed E-state index contributed by atoms with van der Waals surface area (Å²) < 4.78 is 18.2. The minimum atomic E-state index is 0.671.